The number of phenols is 1. The largest absolute Gasteiger partial charge is 0.511 e. The Morgan fingerprint density at radius 1 is 1.18 bits per heavy atom. The Labute approximate surface area is 226 Å². The third kappa shape index (κ3) is 3.88. The molecule has 5 rings (SSSR count). The van der Waals surface area contributed by atoms with Crippen LogP contribution >= 0.6 is 11.8 Å². The highest BCUT2D eigenvalue weighted by Crippen LogP contribution is 2.56. The number of phenolic OH excluding ortho intramolecular Hbond substituents is 1. The second-order valence-corrected chi connectivity index (χ2v) is 12.7. The molecule has 0 bridgehead atoms. The van der Waals surface area contributed by atoms with Crippen LogP contribution in [-0.4, -0.2) is 51.1 Å². The summed E-state index contributed by atoms with van der Waals surface area (Å²) in [5.74, 6) is -3.65. The first kappa shape index (κ1) is 26.8. The topological polar surface area (TPSA) is 150 Å². The van der Waals surface area contributed by atoms with Crippen molar-refractivity contribution in [2.75, 3.05) is 7.05 Å². The number of hydrogen-bond donors (Lipinski definition) is 5. The Balaban J connectivity index is 1.57. The summed E-state index contributed by atoms with van der Waals surface area (Å²) in [5, 5.41) is 37.2. The number of amides is 1. The van der Waals surface area contributed by atoms with Gasteiger partial charge in [0.25, 0.3) is 5.91 Å². The second-order valence-electron chi connectivity index (χ2n) is 11.4. The highest BCUT2D eigenvalue weighted by molar-refractivity contribution is 7.99. The van der Waals surface area contributed by atoms with E-state index in [2.05, 4.69) is 5.32 Å². The number of allylic oxidation sites excluding steroid dienone is 2. The third-order valence-corrected chi connectivity index (χ3v) is 10.7. The number of benzene rings is 1. The molecule has 0 saturated heterocycles. The number of fused-ring (bicyclic) bond motifs is 3. The molecule has 1 aromatic rings. The number of rotatable bonds is 5. The zero-order chi connectivity index (χ0) is 27.5. The average molecular weight is 541 g/mol. The van der Waals surface area contributed by atoms with E-state index < -0.39 is 57.9 Å². The molecule has 0 aromatic heterocycles. The van der Waals surface area contributed by atoms with Gasteiger partial charge in [0, 0.05) is 28.1 Å². The summed E-state index contributed by atoms with van der Waals surface area (Å²) >= 11 is 1.81. The molecule has 4 atom stereocenters. The van der Waals surface area contributed by atoms with Crippen molar-refractivity contribution in [1.29, 1.82) is 0 Å². The van der Waals surface area contributed by atoms with Crippen molar-refractivity contribution >= 4 is 29.2 Å². The Bertz CT molecular complexity index is 1290. The van der Waals surface area contributed by atoms with E-state index in [-0.39, 0.29) is 16.9 Å². The first-order valence-corrected chi connectivity index (χ1v) is 14.5. The lowest BCUT2D eigenvalue weighted by Gasteiger charge is -2.50. The number of Topliss-reactive ketones (excluding diaryl/α,β-unsaturated/α-hetero) is 2. The fraction of sp³-hybridized carbons (Fsp3) is 0.552. The molecule has 0 aliphatic heterocycles. The first-order chi connectivity index (χ1) is 18.0. The molecular formula is C29H36N2O6S. The van der Waals surface area contributed by atoms with E-state index in [1.54, 1.807) is 7.05 Å². The standard InChI is InChI=1S/C29H36N2O6S/c1-13-9-15(12-38-16-7-5-4-6-8-16)23(32)20-17(13)10-14-11-18-22(31-3)25(34)21(28(30)37)27(36)29(18,2)26(35)19(14)24(20)33/h9,14,16,18,22,31-32,34-35H,4-8,10-12H2,1-3H3,(H2,30,37)/t14?,18?,22?,29-/m0/s1. The molecule has 1 aromatic carbocycles. The minimum absolute atomic E-state index is 0.0524. The van der Waals surface area contributed by atoms with Crippen LogP contribution in [0.2, 0.25) is 0 Å². The van der Waals surface area contributed by atoms with Gasteiger partial charge in [0.1, 0.15) is 22.8 Å². The number of hydrogen-bond acceptors (Lipinski definition) is 8. The maximum absolute atomic E-state index is 14.0. The number of likely N-dealkylation sites (N-methyl/N-ethyl adjacent to an activating group) is 1. The number of carbonyl (C=O) groups is 3. The van der Waals surface area contributed by atoms with E-state index in [9.17, 15) is 29.7 Å². The van der Waals surface area contributed by atoms with Crippen LogP contribution < -0.4 is 11.1 Å². The van der Waals surface area contributed by atoms with Gasteiger partial charge in [-0.25, -0.2) is 0 Å². The van der Waals surface area contributed by atoms with Crippen LogP contribution in [0.1, 0.15) is 72.5 Å². The number of nitrogens with one attached hydrogen (secondary N) is 1. The number of thioether (sulfide) groups is 1. The minimum atomic E-state index is -1.62. The van der Waals surface area contributed by atoms with Gasteiger partial charge < -0.3 is 26.4 Å². The molecule has 1 amide bonds. The number of ketones is 2. The molecule has 4 aliphatic rings. The van der Waals surface area contributed by atoms with Crippen molar-refractivity contribution in [3.63, 3.8) is 0 Å². The number of aliphatic hydroxyl groups excluding tert-OH is 2. The highest BCUT2D eigenvalue weighted by atomic mass is 32.2. The van der Waals surface area contributed by atoms with Crippen LogP contribution in [0.3, 0.4) is 0 Å². The van der Waals surface area contributed by atoms with Crippen molar-refractivity contribution in [3.8, 4) is 5.75 Å². The second kappa shape index (κ2) is 9.75. The van der Waals surface area contributed by atoms with E-state index in [0.717, 1.165) is 24.0 Å². The summed E-state index contributed by atoms with van der Waals surface area (Å²) in [7, 11) is 1.60. The van der Waals surface area contributed by atoms with Crippen molar-refractivity contribution < 1.29 is 29.7 Å². The van der Waals surface area contributed by atoms with Crippen molar-refractivity contribution in [1.82, 2.24) is 5.32 Å². The molecule has 0 spiro atoms. The number of nitrogens with two attached hydrogens (primary N) is 1. The van der Waals surface area contributed by atoms with Crippen molar-refractivity contribution in [3.05, 3.63) is 51.0 Å². The molecule has 9 heteroatoms. The summed E-state index contributed by atoms with van der Waals surface area (Å²) in [4.78, 5) is 39.6. The van der Waals surface area contributed by atoms with E-state index in [0.29, 0.717) is 29.4 Å². The van der Waals surface area contributed by atoms with Crippen molar-refractivity contribution in [2.45, 2.75) is 75.8 Å². The molecule has 1 saturated carbocycles. The maximum Gasteiger partial charge on any atom is 0.255 e. The van der Waals surface area contributed by atoms with Gasteiger partial charge in [0.05, 0.1) is 17.0 Å². The Morgan fingerprint density at radius 2 is 1.87 bits per heavy atom. The van der Waals surface area contributed by atoms with Crippen LogP contribution in [0.4, 0.5) is 0 Å². The lowest BCUT2D eigenvalue weighted by Crippen LogP contribution is -2.58. The highest BCUT2D eigenvalue weighted by Gasteiger charge is 2.60. The predicted molar refractivity (Wildman–Crippen MR) is 145 cm³/mol. The van der Waals surface area contributed by atoms with Gasteiger partial charge in [-0.3, -0.25) is 14.4 Å². The summed E-state index contributed by atoms with van der Waals surface area (Å²) in [6.45, 7) is 3.44. The number of primary amides is 1. The quantitative estimate of drug-likeness (QED) is 0.353. The molecule has 1 fully saturated rings. The van der Waals surface area contributed by atoms with Gasteiger partial charge in [-0.15, -0.1) is 0 Å². The molecule has 204 valence electrons. The molecule has 3 unspecified atom stereocenters. The van der Waals surface area contributed by atoms with Crippen LogP contribution in [0.15, 0.2) is 28.7 Å². The monoisotopic (exact) mass is 540 g/mol. The summed E-state index contributed by atoms with van der Waals surface area (Å²) < 4.78 is 0. The molecule has 0 heterocycles. The van der Waals surface area contributed by atoms with Crippen LogP contribution in [0.25, 0.3) is 0 Å². The van der Waals surface area contributed by atoms with E-state index >= 15 is 0 Å². The predicted octanol–water partition coefficient (Wildman–Crippen LogP) is 3.93. The summed E-state index contributed by atoms with van der Waals surface area (Å²) in [6, 6.07) is 1.17. The smallest absolute Gasteiger partial charge is 0.255 e. The van der Waals surface area contributed by atoms with Gasteiger partial charge in [-0.05, 0) is 63.6 Å². The van der Waals surface area contributed by atoms with Crippen LogP contribution in [0, 0.1) is 24.2 Å². The fourth-order valence-corrected chi connectivity index (χ4v) is 8.49. The third-order valence-electron chi connectivity index (χ3n) is 9.30. The zero-order valence-corrected chi connectivity index (χ0v) is 22.9. The lowest BCUT2D eigenvalue weighted by atomic mass is 9.54. The van der Waals surface area contributed by atoms with E-state index in [4.69, 9.17) is 5.73 Å². The lowest BCUT2D eigenvalue weighted by molar-refractivity contribution is -0.132. The summed E-state index contributed by atoms with van der Waals surface area (Å²) in [5.41, 5.74) is 5.95. The van der Waals surface area contributed by atoms with Gasteiger partial charge in [-0.2, -0.15) is 11.8 Å². The number of aryl methyl sites for hydroxylation is 1. The molecule has 8 nitrogen and oxygen atoms in total. The molecule has 38 heavy (non-hydrogen) atoms. The Morgan fingerprint density at radius 3 is 2.50 bits per heavy atom. The average Bonchev–Trinajstić information content (AvgIpc) is 2.88. The number of aromatic hydroxyl groups is 1. The maximum atomic E-state index is 14.0. The van der Waals surface area contributed by atoms with Gasteiger partial charge in [0.15, 0.2) is 11.6 Å². The Kier molecular flexibility index (Phi) is 6.88. The Hall–Kier alpha value is -2.78. The molecule has 0 radical (unpaired) electrons. The number of aliphatic hydroxyl groups is 2. The van der Waals surface area contributed by atoms with Gasteiger partial charge >= 0.3 is 0 Å². The zero-order valence-electron chi connectivity index (χ0n) is 22.1. The first-order valence-electron chi connectivity index (χ1n) is 13.4. The van der Waals surface area contributed by atoms with E-state index in [1.165, 1.54) is 26.2 Å². The molecule has 4 aliphatic carbocycles. The SMILES string of the molecule is CNC1C(O)=C(C(N)=O)C(=O)[C@]2(C)C(O)=C3C(=O)c4c(O)c(CSC5CCCCC5)cc(C)c4CC3CC12. The van der Waals surface area contributed by atoms with Gasteiger partial charge in [0.2, 0.25) is 0 Å². The van der Waals surface area contributed by atoms with Crippen LogP contribution in [0.5, 0.6) is 5.75 Å². The fourth-order valence-electron chi connectivity index (χ4n) is 7.19. The normalized spacial score (nSPS) is 29.7. The molecule has 6 N–H and O–H groups in total. The van der Waals surface area contributed by atoms with E-state index in [1.807, 2.05) is 24.8 Å². The molecular weight excluding hydrogens is 504 g/mol. The van der Waals surface area contributed by atoms with Crippen LogP contribution in [-0.2, 0) is 21.8 Å². The minimum Gasteiger partial charge on any atom is -0.511 e. The van der Waals surface area contributed by atoms with Gasteiger partial charge in [-0.1, -0.05) is 25.3 Å². The van der Waals surface area contributed by atoms with Crippen molar-refractivity contribution in [2.24, 2.45) is 23.0 Å². The number of carbonyl (C=O) groups excluding carboxylic acids is 3. The summed E-state index contributed by atoms with van der Waals surface area (Å²) in [6.07, 6.45) is 6.77.